The number of hydrogen-bond donors (Lipinski definition) is 1. The van der Waals surface area contributed by atoms with Crippen LogP contribution in [0.15, 0.2) is 30.3 Å². The number of ether oxygens (including phenoxy) is 1. The number of para-hydroxylation sites is 1. The Kier molecular flexibility index (Phi) is 5.16. The molecule has 18 heavy (non-hydrogen) atoms. The summed E-state index contributed by atoms with van der Waals surface area (Å²) >= 11 is 0. The molecular weight excluding hydrogens is 230 g/mol. The number of benzene rings is 1. The molecule has 1 rings (SSSR count). The Hall–Kier alpha value is -1.55. The summed E-state index contributed by atoms with van der Waals surface area (Å²) in [5.74, 6) is -0.838. The van der Waals surface area contributed by atoms with Crippen molar-refractivity contribution in [3.8, 4) is 0 Å². The Morgan fingerprint density at radius 1 is 1.28 bits per heavy atom. The lowest BCUT2D eigenvalue weighted by molar-refractivity contribution is -0.135. The van der Waals surface area contributed by atoms with E-state index in [0.29, 0.717) is 13.2 Å². The van der Waals surface area contributed by atoms with Gasteiger partial charge in [-0.2, -0.15) is 0 Å². The highest BCUT2D eigenvalue weighted by atomic mass is 16.5. The van der Waals surface area contributed by atoms with Crippen molar-refractivity contribution >= 4 is 11.7 Å². The molecular formula is C14H21NO3. The van der Waals surface area contributed by atoms with E-state index in [4.69, 9.17) is 9.84 Å². The van der Waals surface area contributed by atoms with E-state index < -0.39 is 5.97 Å². The number of carbonyl (C=O) groups is 1. The van der Waals surface area contributed by atoms with Crippen LogP contribution in [0, 0.1) is 0 Å². The van der Waals surface area contributed by atoms with E-state index in [1.54, 1.807) is 4.90 Å². The summed E-state index contributed by atoms with van der Waals surface area (Å²) in [7, 11) is 0. The van der Waals surface area contributed by atoms with Crippen LogP contribution in [0.3, 0.4) is 0 Å². The first-order valence-electron chi connectivity index (χ1n) is 6.04. The third kappa shape index (κ3) is 5.68. The van der Waals surface area contributed by atoms with E-state index in [1.807, 2.05) is 51.1 Å². The van der Waals surface area contributed by atoms with E-state index >= 15 is 0 Å². The standard InChI is InChI=1S/C14H21NO3/c1-14(2,3)18-10-9-15(11-13(16)17)12-7-5-4-6-8-12/h4-8H,9-11H2,1-3H3,(H,16,17). The van der Waals surface area contributed by atoms with Gasteiger partial charge in [-0.05, 0) is 32.9 Å². The van der Waals surface area contributed by atoms with Crippen LogP contribution in [-0.2, 0) is 9.53 Å². The predicted molar refractivity (Wildman–Crippen MR) is 72.0 cm³/mol. The van der Waals surface area contributed by atoms with Gasteiger partial charge in [0.2, 0.25) is 0 Å². The Morgan fingerprint density at radius 3 is 2.39 bits per heavy atom. The first-order valence-corrected chi connectivity index (χ1v) is 6.04. The number of hydrogen-bond acceptors (Lipinski definition) is 3. The lowest BCUT2D eigenvalue weighted by Gasteiger charge is -2.26. The largest absolute Gasteiger partial charge is 0.480 e. The Bertz CT molecular complexity index is 370. The minimum atomic E-state index is -0.838. The SMILES string of the molecule is CC(C)(C)OCCN(CC(=O)O)c1ccccc1. The minimum absolute atomic E-state index is 0.0164. The van der Waals surface area contributed by atoms with E-state index in [0.717, 1.165) is 5.69 Å². The van der Waals surface area contributed by atoms with Crippen LogP contribution in [0.4, 0.5) is 5.69 Å². The number of rotatable bonds is 6. The monoisotopic (exact) mass is 251 g/mol. The van der Waals surface area contributed by atoms with Crippen LogP contribution < -0.4 is 4.90 Å². The van der Waals surface area contributed by atoms with Crippen LogP contribution in [0.2, 0.25) is 0 Å². The fourth-order valence-electron chi connectivity index (χ4n) is 1.56. The van der Waals surface area contributed by atoms with Crippen LogP contribution >= 0.6 is 0 Å². The van der Waals surface area contributed by atoms with Gasteiger partial charge in [-0.15, -0.1) is 0 Å². The topological polar surface area (TPSA) is 49.8 Å². The summed E-state index contributed by atoms with van der Waals surface area (Å²) in [5, 5.41) is 8.92. The molecule has 4 heteroatoms. The van der Waals surface area contributed by atoms with Crippen LogP contribution in [0.1, 0.15) is 20.8 Å². The summed E-state index contributed by atoms with van der Waals surface area (Å²) < 4.78 is 5.63. The summed E-state index contributed by atoms with van der Waals surface area (Å²) in [5.41, 5.74) is 0.698. The molecule has 0 saturated carbocycles. The molecule has 0 saturated heterocycles. The van der Waals surface area contributed by atoms with Crippen molar-refractivity contribution < 1.29 is 14.6 Å². The van der Waals surface area contributed by atoms with Crippen molar-refractivity contribution in [3.05, 3.63) is 30.3 Å². The molecule has 0 fully saturated rings. The van der Waals surface area contributed by atoms with Crippen molar-refractivity contribution in [2.75, 3.05) is 24.6 Å². The molecule has 1 N–H and O–H groups in total. The van der Waals surface area contributed by atoms with Gasteiger partial charge >= 0.3 is 5.97 Å². The highest BCUT2D eigenvalue weighted by molar-refractivity contribution is 5.73. The molecule has 0 unspecified atom stereocenters. The van der Waals surface area contributed by atoms with Gasteiger partial charge in [-0.25, -0.2) is 0 Å². The molecule has 0 aliphatic rings. The van der Waals surface area contributed by atoms with Crippen LogP contribution in [0.5, 0.6) is 0 Å². The highest BCUT2D eigenvalue weighted by Gasteiger charge is 2.13. The molecule has 1 aromatic rings. The Morgan fingerprint density at radius 2 is 1.89 bits per heavy atom. The fourth-order valence-corrected chi connectivity index (χ4v) is 1.56. The zero-order valence-electron chi connectivity index (χ0n) is 11.2. The maximum Gasteiger partial charge on any atom is 0.323 e. The number of nitrogens with zero attached hydrogens (tertiary/aromatic N) is 1. The van der Waals surface area contributed by atoms with Gasteiger partial charge in [0, 0.05) is 12.2 Å². The van der Waals surface area contributed by atoms with E-state index in [9.17, 15) is 4.79 Å². The van der Waals surface area contributed by atoms with Crippen LogP contribution in [0.25, 0.3) is 0 Å². The van der Waals surface area contributed by atoms with Gasteiger partial charge < -0.3 is 14.7 Å². The molecule has 0 heterocycles. The second kappa shape index (κ2) is 6.40. The van der Waals surface area contributed by atoms with Gasteiger partial charge in [0.15, 0.2) is 0 Å². The number of carboxylic acid groups (broad SMARTS) is 1. The average molecular weight is 251 g/mol. The summed E-state index contributed by atoms with van der Waals surface area (Å²) in [6, 6.07) is 9.51. The predicted octanol–water partition coefficient (Wildman–Crippen LogP) is 2.39. The van der Waals surface area contributed by atoms with Gasteiger partial charge in [0.25, 0.3) is 0 Å². The van der Waals surface area contributed by atoms with Gasteiger partial charge in [-0.1, -0.05) is 18.2 Å². The van der Waals surface area contributed by atoms with E-state index in [1.165, 1.54) is 0 Å². The van der Waals surface area contributed by atoms with Crippen LogP contribution in [-0.4, -0.2) is 36.4 Å². The van der Waals surface area contributed by atoms with Crippen molar-refractivity contribution in [2.45, 2.75) is 26.4 Å². The normalized spacial score (nSPS) is 11.3. The Labute approximate surface area is 108 Å². The second-order valence-electron chi connectivity index (χ2n) is 5.11. The van der Waals surface area contributed by atoms with E-state index in [-0.39, 0.29) is 12.1 Å². The fraction of sp³-hybridized carbons (Fsp3) is 0.500. The van der Waals surface area contributed by atoms with E-state index in [2.05, 4.69) is 0 Å². The highest BCUT2D eigenvalue weighted by Crippen LogP contribution is 2.13. The van der Waals surface area contributed by atoms with Gasteiger partial charge in [0.1, 0.15) is 6.54 Å². The molecule has 0 amide bonds. The van der Waals surface area contributed by atoms with Crippen molar-refractivity contribution in [1.82, 2.24) is 0 Å². The minimum Gasteiger partial charge on any atom is -0.480 e. The molecule has 0 aliphatic carbocycles. The van der Waals surface area contributed by atoms with Crippen molar-refractivity contribution in [3.63, 3.8) is 0 Å². The lowest BCUT2D eigenvalue weighted by Crippen LogP contribution is -2.34. The molecule has 100 valence electrons. The molecule has 0 aromatic heterocycles. The van der Waals surface area contributed by atoms with Crippen molar-refractivity contribution in [2.24, 2.45) is 0 Å². The molecule has 0 aliphatic heterocycles. The van der Waals surface area contributed by atoms with Gasteiger partial charge in [0.05, 0.1) is 12.2 Å². The first kappa shape index (κ1) is 14.5. The average Bonchev–Trinajstić information content (AvgIpc) is 2.27. The Balaban J connectivity index is 2.60. The molecule has 1 aromatic carbocycles. The number of anilines is 1. The quantitative estimate of drug-likeness (QED) is 0.843. The zero-order chi connectivity index (χ0) is 13.6. The zero-order valence-corrected chi connectivity index (χ0v) is 11.2. The van der Waals surface area contributed by atoms with Crippen molar-refractivity contribution in [1.29, 1.82) is 0 Å². The molecule has 0 radical (unpaired) electrons. The summed E-state index contributed by atoms with van der Waals surface area (Å²) in [6.45, 7) is 7.00. The third-order valence-electron chi connectivity index (χ3n) is 2.34. The lowest BCUT2D eigenvalue weighted by atomic mass is 10.2. The maximum atomic E-state index is 10.9. The number of aliphatic carboxylic acids is 1. The molecule has 4 nitrogen and oxygen atoms in total. The smallest absolute Gasteiger partial charge is 0.323 e. The number of carboxylic acids is 1. The molecule has 0 bridgehead atoms. The summed E-state index contributed by atoms with van der Waals surface area (Å²) in [4.78, 5) is 12.7. The third-order valence-corrected chi connectivity index (χ3v) is 2.34. The summed E-state index contributed by atoms with van der Waals surface area (Å²) in [6.07, 6.45) is 0. The van der Waals surface area contributed by atoms with Gasteiger partial charge in [-0.3, -0.25) is 4.79 Å². The first-order chi connectivity index (χ1) is 8.38. The maximum absolute atomic E-state index is 10.9. The molecule has 0 atom stereocenters. The second-order valence-corrected chi connectivity index (χ2v) is 5.11. The molecule has 0 spiro atoms.